The van der Waals surface area contributed by atoms with Crippen molar-refractivity contribution in [1.29, 1.82) is 0 Å². The van der Waals surface area contributed by atoms with Gasteiger partial charge >= 0.3 is 12.1 Å². The van der Waals surface area contributed by atoms with Crippen LogP contribution >= 0.6 is 0 Å². The number of carbonyl (C=O) groups is 2. The Labute approximate surface area is 200 Å². The molecule has 1 aromatic carbocycles. The Morgan fingerprint density at radius 1 is 1.12 bits per heavy atom. The van der Waals surface area contributed by atoms with Crippen molar-refractivity contribution in [2.45, 2.75) is 60.3 Å². The summed E-state index contributed by atoms with van der Waals surface area (Å²) in [6, 6.07) is 7.87. The number of nitrogens with one attached hydrogen (secondary N) is 1. The molecule has 0 aliphatic rings. The van der Waals surface area contributed by atoms with Gasteiger partial charge in [0.05, 0.1) is 24.9 Å². The van der Waals surface area contributed by atoms with Crippen molar-refractivity contribution in [2.75, 3.05) is 18.5 Å². The van der Waals surface area contributed by atoms with Gasteiger partial charge in [-0.1, -0.05) is 51.3 Å². The number of para-hydroxylation sites is 1. The van der Waals surface area contributed by atoms with E-state index in [-0.39, 0.29) is 18.0 Å². The van der Waals surface area contributed by atoms with Gasteiger partial charge in [0.1, 0.15) is 5.56 Å². The van der Waals surface area contributed by atoms with Crippen LogP contribution in [0.4, 0.5) is 10.6 Å². The molecule has 0 spiro atoms. The molecule has 0 bridgehead atoms. The van der Waals surface area contributed by atoms with Gasteiger partial charge < -0.3 is 9.47 Å². The molecule has 182 valence electrons. The quantitative estimate of drug-likeness (QED) is 0.369. The summed E-state index contributed by atoms with van der Waals surface area (Å²) in [5.41, 5.74) is 3.00. The van der Waals surface area contributed by atoms with Crippen molar-refractivity contribution in [3.05, 3.63) is 47.2 Å². The van der Waals surface area contributed by atoms with Crippen molar-refractivity contribution in [3.63, 3.8) is 0 Å². The summed E-state index contributed by atoms with van der Waals surface area (Å²) in [6.07, 6.45) is 4.86. The lowest BCUT2D eigenvalue weighted by atomic mass is 10.0. The van der Waals surface area contributed by atoms with Gasteiger partial charge in [0.25, 0.3) is 0 Å². The number of amides is 1. The molecule has 3 rings (SSSR count). The van der Waals surface area contributed by atoms with Gasteiger partial charge in [-0.25, -0.2) is 14.6 Å². The summed E-state index contributed by atoms with van der Waals surface area (Å²) < 4.78 is 12.1. The van der Waals surface area contributed by atoms with Crippen LogP contribution in [0.15, 0.2) is 30.5 Å². The number of pyridine rings is 1. The van der Waals surface area contributed by atoms with Crippen molar-refractivity contribution < 1.29 is 19.1 Å². The number of benzene rings is 1. The van der Waals surface area contributed by atoms with Crippen LogP contribution in [0.25, 0.3) is 16.7 Å². The summed E-state index contributed by atoms with van der Waals surface area (Å²) in [5.74, 6) is 0.379. The largest absolute Gasteiger partial charge is 0.462 e. The Hall–Kier alpha value is -3.42. The Bertz CT molecular complexity index is 1160. The molecule has 2 aromatic heterocycles. The number of anilines is 1. The Kier molecular flexibility index (Phi) is 8.62. The first-order chi connectivity index (χ1) is 16.4. The number of aromatic nitrogens is 3. The maximum Gasteiger partial charge on any atom is 0.412 e. The molecule has 3 aromatic rings. The standard InChI is InChI=1S/C26H34N4O4/c1-6-9-12-19(7-2)16-34-26(32)29-24-21(25(31)33-8-3)15-27-30(24)22-14-18(5)20-13-10-11-17(4)23(20)28-22/h10-11,13-15,19H,6-9,12,16H2,1-5H3,(H,29,32). The predicted molar refractivity (Wildman–Crippen MR) is 133 cm³/mol. The molecule has 0 radical (unpaired) electrons. The fourth-order valence-corrected chi connectivity index (χ4v) is 3.88. The number of fused-ring (bicyclic) bond motifs is 1. The lowest BCUT2D eigenvalue weighted by Crippen LogP contribution is -2.22. The van der Waals surface area contributed by atoms with E-state index in [0.717, 1.165) is 47.7 Å². The highest BCUT2D eigenvalue weighted by Gasteiger charge is 2.23. The monoisotopic (exact) mass is 466 g/mol. The van der Waals surface area contributed by atoms with E-state index in [1.807, 2.05) is 38.1 Å². The molecule has 1 unspecified atom stereocenters. The third-order valence-electron chi connectivity index (χ3n) is 5.93. The zero-order chi connectivity index (χ0) is 24.7. The molecule has 8 nitrogen and oxygen atoms in total. The number of nitrogens with zero attached hydrogens (tertiary/aromatic N) is 3. The third-order valence-corrected chi connectivity index (χ3v) is 5.93. The molecule has 1 atom stereocenters. The number of aryl methyl sites for hydroxylation is 2. The van der Waals surface area contributed by atoms with Crippen LogP contribution < -0.4 is 5.32 Å². The molecular formula is C26H34N4O4. The number of unbranched alkanes of at least 4 members (excludes halogenated alkanes) is 1. The first kappa shape index (κ1) is 25.2. The van der Waals surface area contributed by atoms with Gasteiger partial charge in [0, 0.05) is 5.39 Å². The highest BCUT2D eigenvalue weighted by Crippen LogP contribution is 2.26. The Balaban J connectivity index is 1.94. The average molecular weight is 467 g/mol. The third kappa shape index (κ3) is 5.73. The molecule has 0 saturated carbocycles. The minimum Gasteiger partial charge on any atom is -0.462 e. The Morgan fingerprint density at radius 3 is 2.62 bits per heavy atom. The van der Waals surface area contributed by atoms with Gasteiger partial charge in [0.2, 0.25) is 0 Å². The van der Waals surface area contributed by atoms with Crippen LogP contribution in [0.2, 0.25) is 0 Å². The topological polar surface area (TPSA) is 95.3 Å². The van der Waals surface area contributed by atoms with E-state index in [0.29, 0.717) is 18.3 Å². The van der Waals surface area contributed by atoms with Gasteiger partial charge in [-0.3, -0.25) is 5.32 Å². The lowest BCUT2D eigenvalue weighted by molar-refractivity contribution is 0.0527. The molecule has 1 amide bonds. The molecule has 8 heteroatoms. The highest BCUT2D eigenvalue weighted by molar-refractivity contribution is 5.99. The van der Waals surface area contributed by atoms with E-state index < -0.39 is 12.1 Å². The molecule has 1 N–H and O–H groups in total. The second kappa shape index (κ2) is 11.6. The SMILES string of the molecule is CCCCC(CC)COC(=O)Nc1c(C(=O)OCC)cnn1-c1cc(C)c2cccc(C)c2n1. The van der Waals surface area contributed by atoms with E-state index in [2.05, 4.69) is 24.3 Å². The van der Waals surface area contributed by atoms with Crippen LogP contribution in [0.1, 0.15) is 67.9 Å². The average Bonchev–Trinajstić information content (AvgIpc) is 3.23. The zero-order valence-electron chi connectivity index (χ0n) is 20.7. The van der Waals surface area contributed by atoms with Crippen LogP contribution in [-0.4, -0.2) is 40.0 Å². The normalized spacial score (nSPS) is 11.9. The van der Waals surface area contributed by atoms with Crippen molar-refractivity contribution in [3.8, 4) is 5.82 Å². The molecule has 0 aliphatic heterocycles. The molecule has 0 fully saturated rings. The van der Waals surface area contributed by atoms with Crippen molar-refractivity contribution >= 4 is 28.8 Å². The maximum atomic E-state index is 12.7. The van der Waals surface area contributed by atoms with Gasteiger partial charge in [0.15, 0.2) is 11.6 Å². The number of carbonyl (C=O) groups excluding carboxylic acids is 2. The number of hydrogen-bond acceptors (Lipinski definition) is 6. The highest BCUT2D eigenvalue weighted by atomic mass is 16.5. The van der Waals surface area contributed by atoms with E-state index in [1.165, 1.54) is 10.9 Å². The van der Waals surface area contributed by atoms with Crippen LogP contribution in [0, 0.1) is 19.8 Å². The predicted octanol–water partition coefficient (Wildman–Crippen LogP) is 5.98. The number of hydrogen-bond donors (Lipinski definition) is 1. The van der Waals surface area contributed by atoms with Gasteiger partial charge in [-0.2, -0.15) is 9.78 Å². The second-order valence-corrected chi connectivity index (χ2v) is 8.45. The minimum atomic E-state index is -0.643. The number of ether oxygens (including phenoxy) is 2. The van der Waals surface area contributed by atoms with Crippen molar-refractivity contribution in [1.82, 2.24) is 14.8 Å². The molecular weight excluding hydrogens is 432 g/mol. The second-order valence-electron chi connectivity index (χ2n) is 8.45. The summed E-state index contributed by atoms with van der Waals surface area (Å²) >= 11 is 0. The first-order valence-corrected chi connectivity index (χ1v) is 12.0. The molecule has 34 heavy (non-hydrogen) atoms. The summed E-state index contributed by atoms with van der Waals surface area (Å²) in [5, 5.41) is 8.10. The summed E-state index contributed by atoms with van der Waals surface area (Å²) in [6.45, 7) is 10.5. The first-order valence-electron chi connectivity index (χ1n) is 12.0. The van der Waals surface area contributed by atoms with E-state index >= 15 is 0 Å². The summed E-state index contributed by atoms with van der Waals surface area (Å²) in [4.78, 5) is 30.0. The number of rotatable bonds is 10. The van der Waals surface area contributed by atoms with Crippen LogP contribution in [0.3, 0.4) is 0 Å². The maximum absolute atomic E-state index is 12.7. The van der Waals surface area contributed by atoms with Crippen LogP contribution in [-0.2, 0) is 9.47 Å². The van der Waals surface area contributed by atoms with Crippen molar-refractivity contribution in [2.24, 2.45) is 5.92 Å². The minimum absolute atomic E-state index is 0.140. The van der Waals surface area contributed by atoms with Crippen LogP contribution in [0.5, 0.6) is 0 Å². The van der Waals surface area contributed by atoms with Gasteiger partial charge in [-0.15, -0.1) is 0 Å². The van der Waals surface area contributed by atoms with E-state index in [1.54, 1.807) is 6.92 Å². The fourth-order valence-electron chi connectivity index (χ4n) is 3.88. The van der Waals surface area contributed by atoms with E-state index in [4.69, 9.17) is 14.5 Å². The molecule has 2 heterocycles. The smallest absolute Gasteiger partial charge is 0.412 e. The Morgan fingerprint density at radius 2 is 1.91 bits per heavy atom. The molecule has 0 aliphatic carbocycles. The number of esters is 1. The van der Waals surface area contributed by atoms with Gasteiger partial charge in [-0.05, 0) is 50.3 Å². The molecule has 0 saturated heterocycles. The zero-order valence-corrected chi connectivity index (χ0v) is 20.7. The summed E-state index contributed by atoms with van der Waals surface area (Å²) in [7, 11) is 0. The lowest BCUT2D eigenvalue weighted by Gasteiger charge is -2.16. The van der Waals surface area contributed by atoms with E-state index in [9.17, 15) is 9.59 Å². The fraction of sp³-hybridized carbons (Fsp3) is 0.462.